The quantitative estimate of drug-likeness (QED) is 0.798. The van der Waals surface area contributed by atoms with Crippen molar-refractivity contribution in [2.24, 2.45) is 5.92 Å². The molecule has 0 spiro atoms. The van der Waals surface area contributed by atoms with E-state index in [1.807, 2.05) is 15.5 Å². The van der Waals surface area contributed by atoms with Crippen molar-refractivity contribution in [3.05, 3.63) is 51.8 Å². The molecule has 6 heteroatoms. The zero-order valence-electron chi connectivity index (χ0n) is 12.4. The number of aryl methyl sites for hydroxylation is 1. The molecule has 4 heterocycles. The van der Waals surface area contributed by atoms with E-state index >= 15 is 0 Å². The Morgan fingerprint density at radius 2 is 2.18 bits per heavy atom. The molecule has 1 saturated heterocycles. The minimum absolute atomic E-state index is 0.0536. The summed E-state index contributed by atoms with van der Waals surface area (Å²) >= 11 is 0. The fourth-order valence-corrected chi connectivity index (χ4v) is 3.68. The number of hydrogen-bond acceptors (Lipinski definition) is 4. The van der Waals surface area contributed by atoms with Gasteiger partial charge in [0.05, 0.1) is 5.69 Å². The van der Waals surface area contributed by atoms with Crippen LogP contribution in [-0.2, 0) is 6.54 Å². The lowest BCUT2D eigenvalue weighted by Gasteiger charge is -2.42. The number of amides is 1. The number of aromatic nitrogens is 2. The summed E-state index contributed by atoms with van der Waals surface area (Å²) in [6, 6.07) is 7.07. The van der Waals surface area contributed by atoms with Crippen LogP contribution < -0.4 is 5.56 Å². The fourth-order valence-electron chi connectivity index (χ4n) is 3.68. The van der Waals surface area contributed by atoms with Crippen molar-refractivity contribution < 1.29 is 9.32 Å². The van der Waals surface area contributed by atoms with Crippen molar-refractivity contribution >= 4 is 5.91 Å². The Kier molecular flexibility index (Phi) is 2.92. The summed E-state index contributed by atoms with van der Waals surface area (Å²) in [6.07, 6.45) is 1.03. The van der Waals surface area contributed by atoms with Gasteiger partial charge in [0.15, 0.2) is 0 Å². The highest BCUT2D eigenvalue weighted by atomic mass is 16.5. The van der Waals surface area contributed by atoms with Crippen LogP contribution in [0.1, 0.15) is 34.3 Å². The molecule has 0 radical (unpaired) electrons. The molecule has 2 aliphatic rings. The molecule has 114 valence electrons. The number of nitrogens with zero attached hydrogens (tertiary/aromatic N) is 3. The van der Waals surface area contributed by atoms with Gasteiger partial charge in [-0.3, -0.25) is 9.59 Å². The largest absolute Gasteiger partial charge is 0.351 e. The second-order valence-electron chi connectivity index (χ2n) is 6.24. The van der Waals surface area contributed by atoms with Crippen LogP contribution in [0, 0.1) is 12.8 Å². The molecule has 0 saturated carbocycles. The van der Waals surface area contributed by atoms with Crippen LogP contribution in [0.25, 0.3) is 0 Å². The third kappa shape index (κ3) is 2.06. The molecule has 4 rings (SSSR count). The molecule has 2 bridgehead atoms. The van der Waals surface area contributed by atoms with Gasteiger partial charge in [-0.1, -0.05) is 11.2 Å². The molecule has 22 heavy (non-hydrogen) atoms. The molecule has 0 aliphatic carbocycles. The molecule has 2 aromatic rings. The van der Waals surface area contributed by atoms with Crippen molar-refractivity contribution in [1.29, 1.82) is 0 Å². The summed E-state index contributed by atoms with van der Waals surface area (Å²) < 4.78 is 6.95. The molecule has 1 fully saturated rings. The van der Waals surface area contributed by atoms with Crippen LogP contribution >= 0.6 is 0 Å². The van der Waals surface area contributed by atoms with Gasteiger partial charge in [0, 0.05) is 43.4 Å². The molecule has 1 amide bonds. The molecule has 2 aromatic heterocycles. The Labute approximate surface area is 127 Å². The van der Waals surface area contributed by atoms with Gasteiger partial charge < -0.3 is 14.0 Å². The van der Waals surface area contributed by atoms with Gasteiger partial charge in [-0.15, -0.1) is 0 Å². The Morgan fingerprint density at radius 1 is 1.32 bits per heavy atom. The van der Waals surface area contributed by atoms with Crippen LogP contribution in [0.15, 0.2) is 33.6 Å². The summed E-state index contributed by atoms with van der Waals surface area (Å²) in [4.78, 5) is 26.4. The highest BCUT2D eigenvalue weighted by Gasteiger charge is 2.37. The zero-order valence-corrected chi connectivity index (χ0v) is 12.4. The third-order valence-corrected chi connectivity index (χ3v) is 4.61. The summed E-state index contributed by atoms with van der Waals surface area (Å²) in [6.45, 7) is 3.77. The minimum Gasteiger partial charge on any atom is -0.351 e. The van der Waals surface area contributed by atoms with E-state index in [4.69, 9.17) is 4.52 Å². The van der Waals surface area contributed by atoms with Crippen molar-refractivity contribution in [1.82, 2.24) is 14.6 Å². The lowest BCUT2D eigenvalue weighted by atomic mass is 9.83. The fraction of sp³-hybridized carbons (Fsp3) is 0.438. The standard InChI is InChI=1S/C16H17N3O3/c1-10-5-14(22-17-10)16(21)18-7-11-6-12(9-18)13-3-2-4-15(20)19(13)8-11/h2-5,11-12H,6-9H2,1H3/t11-,12+/m0/s1. The van der Waals surface area contributed by atoms with E-state index in [-0.39, 0.29) is 17.4 Å². The molecular formula is C16H17N3O3. The normalized spacial score (nSPS) is 23.2. The van der Waals surface area contributed by atoms with Gasteiger partial charge in [0.2, 0.25) is 5.76 Å². The van der Waals surface area contributed by atoms with E-state index in [0.29, 0.717) is 37.0 Å². The molecule has 2 aliphatic heterocycles. The molecule has 0 unspecified atom stereocenters. The first-order valence-corrected chi connectivity index (χ1v) is 7.54. The molecule has 0 N–H and O–H groups in total. The summed E-state index contributed by atoms with van der Waals surface area (Å²) in [5, 5.41) is 3.78. The molecular weight excluding hydrogens is 282 g/mol. The third-order valence-electron chi connectivity index (χ3n) is 4.61. The predicted molar refractivity (Wildman–Crippen MR) is 78.7 cm³/mol. The van der Waals surface area contributed by atoms with Gasteiger partial charge >= 0.3 is 0 Å². The Balaban J connectivity index is 1.64. The highest BCUT2D eigenvalue weighted by molar-refractivity contribution is 5.91. The first kappa shape index (κ1) is 13.3. The van der Waals surface area contributed by atoms with Crippen LogP contribution in [0.5, 0.6) is 0 Å². The minimum atomic E-state index is -0.109. The highest BCUT2D eigenvalue weighted by Crippen LogP contribution is 2.35. The smallest absolute Gasteiger partial charge is 0.292 e. The maximum Gasteiger partial charge on any atom is 0.292 e. The molecule has 2 atom stereocenters. The van der Waals surface area contributed by atoms with Gasteiger partial charge in [0.25, 0.3) is 11.5 Å². The number of fused-ring (bicyclic) bond motifs is 4. The van der Waals surface area contributed by atoms with E-state index in [1.54, 1.807) is 25.1 Å². The Hall–Kier alpha value is -2.37. The average Bonchev–Trinajstić information content (AvgIpc) is 2.94. The van der Waals surface area contributed by atoms with Crippen LogP contribution in [0.3, 0.4) is 0 Å². The predicted octanol–water partition coefficient (Wildman–Crippen LogP) is 1.40. The number of pyridine rings is 1. The Bertz CT molecular complexity index is 792. The second-order valence-corrected chi connectivity index (χ2v) is 6.24. The van der Waals surface area contributed by atoms with E-state index in [9.17, 15) is 9.59 Å². The number of rotatable bonds is 1. The summed E-state index contributed by atoms with van der Waals surface area (Å²) in [5.41, 5.74) is 1.80. The maximum atomic E-state index is 12.5. The lowest BCUT2D eigenvalue weighted by Crippen LogP contribution is -2.49. The van der Waals surface area contributed by atoms with Crippen molar-refractivity contribution in [2.75, 3.05) is 13.1 Å². The van der Waals surface area contributed by atoms with Crippen molar-refractivity contribution in [3.8, 4) is 0 Å². The van der Waals surface area contributed by atoms with Crippen molar-refractivity contribution in [3.63, 3.8) is 0 Å². The van der Waals surface area contributed by atoms with Gasteiger partial charge in [-0.05, 0) is 25.3 Å². The SMILES string of the molecule is Cc1cc(C(=O)N2C[C@@H]3C[C@H](C2)c2cccc(=O)n2C3)on1. The second kappa shape index (κ2) is 4.83. The monoisotopic (exact) mass is 299 g/mol. The number of carbonyl (C=O) groups is 1. The number of carbonyl (C=O) groups excluding carboxylic acids is 1. The molecule has 6 nitrogen and oxygen atoms in total. The number of piperidine rings is 1. The van der Waals surface area contributed by atoms with Crippen LogP contribution in [0.2, 0.25) is 0 Å². The first-order chi connectivity index (χ1) is 10.6. The number of likely N-dealkylation sites (tertiary alicyclic amines) is 1. The van der Waals surface area contributed by atoms with Gasteiger partial charge in [0.1, 0.15) is 0 Å². The van der Waals surface area contributed by atoms with Crippen LogP contribution in [-0.4, -0.2) is 33.6 Å². The summed E-state index contributed by atoms with van der Waals surface area (Å²) in [5.74, 6) is 0.721. The van der Waals surface area contributed by atoms with Gasteiger partial charge in [-0.2, -0.15) is 0 Å². The van der Waals surface area contributed by atoms with Gasteiger partial charge in [-0.25, -0.2) is 0 Å². The number of hydrogen-bond donors (Lipinski definition) is 0. The Morgan fingerprint density at radius 3 is 2.95 bits per heavy atom. The zero-order chi connectivity index (χ0) is 15.3. The van der Waals surface area contributed by atoms with E-state index in [1.165, 1.54) is 0 Å². The summed E-state index contributed by atoms with van der Waals surface area (Å²) in [7, 11) is 0. The molecule has 0 aromatic carbocycles. The topological polar surface area (TPSA) is 68.3 Å². The van der Waals surface area contributed by atoms with Crippen LogP contribution in [0.4, 0.5) is 0 Å². The van der Waals surface area contributed by atoms with Crippen molar-refractivity contribution in [2.45, 2.75) is 25.8 Å². The lowest BCUT2D eigenvalue weighted by molar-refractivity contribution is 0.0554. The first-order valence-electron chi connectivity index (χ1n) is 7.54. The maximum absolute atomic E-state index is 12.5. The van der Waals surface area contributed by atoms with E-state index < -0.39 is 0 Å². The van der Waals surface area contributed by atoms with E-state index in [0.717, 1.165) is 12.1 Å². The van der Waals surface area contributed by atoms with E-state index in [2.05, 4.69) is 5.16 Å². The average molecular weight is 299 g/mol.